The van der Waals surface area contributed by atoms with Crippen molar-refractivity contribution in [2.24, 2.45) is 5.73 Å². The van der Waals surface area contributed by atoms with Gasteiger partial charge in [-0.05, 0) is 24.2 Å². The first-order chi connectivity index (χ1) is 8.02. The van der Waals surface area contributed by atoms with Crippen LogP contribution in [0, 0.1) is 5.41 Å². The first-order valence-electron chi connectivity index (χ1n) is 5.52. The van der Waals surface area contributed by atoms with Crippen LogP contribution >= 0.6 is 23.2 Å². The second-order valence-corrected chi connectivity index (χ2v) is 4.72. The van der Waals surface area contributed by atoms with Gasteiger partial charge in [0.1, 0.15) is 0 Å². The van der Waals surface area contributed by atoms with Crippen molar-refractivity contribution < 1.29 is 0 Å². The van der Waals surface area contributed by atoms with Gasteiger partial charge < -0.3 is 5.73 Å². The third-order valence-corrected chi connectivity index (χ3v) is 3.14. The molecule has 3 nitrogen and oxygen atoms in total. The molecule has 0 unspecified atom stereocenters. The van der Waals surface area contributed by atoms with Crippen molar-refractivity contribution in [1.29, 1.82) is 5.41 Å². The van der Waals surface area contributed by atoms with Crippen molar-refractivity contribution in [2.75, 3.05) is 13.1 Å². The minimum Gasteiger partial charge on any atom is -0.388 e. The SMILES string of the molecule is CCN(CCC(=N)N)Cc1ccc(Cl)cc1Cl. The van der Waals surface area contributed by atoms with Gasteiger partial charge in [-0.3, -0.25) is 10.3 Å². The lowest BCUT2D eigenvalue weighted by Crippen LogP contribution is -2.27. The highest BCUT2D eigenvalue weighted by Gasteiger charge is 2.07. The first-order valence-corrected chi connectivity index (χ1v) is 6.27. The molecular formula is C12H17Cl2N3. The average Bonchev–Trinajstić information content (AvgIpc) is 2.26. The van der Waals surface area contributed by atoms with Crippen LogP contribution in [0.25, 0.3) is 0 Å². The molecule has 0 radical (unpaired) electrons. The standard InChI is InChI=1S/C12H17Cl2N3/c1-2-17(6-5-12(15)16)8-9-3-4-10(13)7-11(9)14/h3-4,7H,2,5-6,8H2,1H3,(H3,15,16). The molecule has 0 fully saturated rings. The number of nitrogens with zero attached hydrogens (tertiary/aromatic N) is 1. The highest BCUT2D eigenvalue weighted by atomic mass is 35.5. The van der Waals surface area contributed by atoms with Crippen LogP contribution in [0.1, 0.15) is 18.9 Å². The summed E-state index contributed by atoms with van der Waals surface area (Å²) >= 11 is 12.0. The van der Waals surface area contributed by atoms with Crippen LogP contribution in [0.2, 0.25) is 10.0 Å². The van der Waals surface area contributed by atoms with Crippen molar-refractivity contribution in [3.05, 3.63) is 33.8 Å². The van der Waals surface area contributed by atoms with Gasteiger partial charge in [-0.15, -0.1) is 0 Å². The Balaban J connectivity index is 2.63. The molecule has 0 aromatic heterocycles. The molecule has 0 heterocycles. The average molecular weight is 274 g/mol. The maximum Gasteiger partial charge on any atom is 0.0918 e. The number of hydrogen-bond acceptors (Lipinski definition) is 2. The van der Waals surface area contributed by atoms with E-state index in [1.165, 1.54) is 0 Å². The molecule has 94 valence electrons. The Morgan fingerprint density at radius 1 is 1.41 bits per heavy atom. The Morgan fingerprint density at radius 2 is 2.12 bits per heavy atom. The van der Waals surface area contributed by atoms with E-state index in [0.29, 0.717) is 16.5 Å². The molecule has 0 bridgehead atoms. The van der Waals surface area contributed by atoms with Crippen LogP contribution in [-0.2, 0) is 6.54 Å². The zero-order valence-corrected chi connectivity index (χ0v) is 11.4. The Kier molecular flexibility index (Phi) is 5.75. The van der Waals surface area contributed by atoms with Crippen molar-refractivity contribution >= 4 is 29.0 Å². The predicted octanol–water partition coefficient (Wildman–Crippen LogP) is 3.14. The van der Waals surface area contributed by atoms with Gasteiger partial charge in [0.2, 0.25) is 0 Å². The highest BCUT2D eigenvalue weighted by molar-refractivity contribution is 6.35. The number of amidine groups is 1. The fourth-order valence-corrected chi connectivity index (χ4v) is 1.99. The molecule has 0 spiro atoms. The van der Waals surface area contributed by atoms with Gasteiger partial charge in [0.25, 0.3) is 0 Å². The summed E-state index contributed by atoms with van der Waals surface area (Å²) in [6.45, 7) is 4.49. The Labute approximate surface area is 112 Å². The van der Waals surface area contributed by atoms with E-state index in [9.17, 15) is 0 Å². The van der Waals surface area contributed by atoms with Gasteiger partial charge in [0, 0.05) is 29.6 Å². The van der Waals surface area contributed by atoms with Gasteiger partial charge in [-0.2, -0.15) is 0 Å². The van der Waals surface area contributed by atoms with Gasteiger partial charge in [0.15, 0.2) is 0 Å². The molecule has 1 rings (SSSR count). The predicted molar refractivity (Wildman–Crippen MR) is 73.9 cm³/mol. The van der Waals surface area contributed by atoms with Gasteiger partial charge in [-0.25, -0.2) is 0 Å². The van der Waals surface area contributed by atoms with Gasteiger partial charge in [0.05, 0.1) is 5.84 Å². The molecule has 0 atom stereocenters. The van der Waals surface area contributed by atoms with E-state index < -0.39 is 0 Å². The van der Waals surface area contributed by atoms with E-state index in [2.05, 4.69) is 11.8 Å². The molecule has 1 aromatic rings. The quantitative estimate of drug-likeness (QED) is 0.618. The van der Waals surface area contributed by atoms with Gasteiger partial charge >= 0.3 is 0 Å². The number of halogens is 2. The number of hydrogen-bond donors (Lipinski definition) is 2. The molecule has 0 amide bonds. The number of nitrogens with two attached hydrogens (primary N) is 1. The van der Waals surface area contributed by atoms with E-state index in [4.69, 9.17) is 34.3 Å². The molecule has 17 heavy (non-hydrogen) atoms. The maximum atomic E-state index is 7.22. The maximum absolute atomic E-state index is 7.22. The molecule has 0 saturated carbocycles. The summed E-state index contributed by atoms with van der Waals surface area (Å²) in [5.41, 5.74) is 6.39. The minimum atomic E-state index is 0.214. The lowest BCUT2D eigenvalue weighted by Gasteiger charge is -2.20. The summed E-state index contributed by atoms with van der Waals surface area (Å²) in [6, 6.07) is 5.51. The molecule has 0 aliphatic rings. The summed E-state index contributed by atoms with van der Waals surface area (Å²) in [6.07, 6.45) is 0.582. The lowest BCUT2D eigenvalue weighted by atomic mass is 10.2. The van der Waals surface area contributed by atoms with Gasteiger partial charge in [-0.1, -0.05) is 36.2 Å². The molecule has 0 saturated heterocycles. The van der Waals surface area contributed by atoms with Crippen LogP contribution in [0.3, 0.4) is 0 Å². The van der Waals surface area contributed by atoms with Crippen molar-refractivity contribution in [3.63, 3.8) is 0 Å². The third kappa shape index (κ3) is 4.94. The normalized spacial score (nSPS) is 10.8. The first kappa shape index (κ1) is 14.3. The molecular weight excluding hydrogens is 257 g/mol. The summed E-state index contributed by atoms with van der Waals surface area (Å²) in [5.74, 6) is 0.214. The van der Waals surface area contributed by atoms with E-state index >= 15 is 0 Å². The Morgan fingerprint density at radius 3 is 2.65 bits per heavy atom. The van der Waals surface area contributed by atoms with Crippen LogP contribution in [-0.4, -0.2) is 23.8 Å². The summed E-state index contributed by atoms with van der Waals surface area (Å²) in [7, 11) is 0. The molecule has 0 aliphatic carbocycles. The fraction of sp³-hybridized carbons (Fsp3) is 0.417. The van der Waals surface area contributed by atoms with Crippen molar-refractivity contribution in [3.8, 4) is 0 Å². The fourth-order valence-electron chi connectivity index (χ4n) is 1.52. The highest BCUT2D eigenvalue weighted by Crippen LogP contribution is 2.22. The summed E-state index contributed by atoms with van der Waals surface area (Å²) < 4.78 is 0. The van der Waals surface area contributed by atoms with Crippen LogP contribution in [0.4, 0.5) is 0 Å². The monoisotopic (exact) mass is 273 g/mol. The largest absolute Gasteiger partial charge is 0.388 e. The van der Waals surface area contributed by atoms with E-state index in [1.54, 1.807) is 6.07 Å². The lowest BCUT2D eigenvalue weighted by molar-refractivity contribution is 0.288. The Hall–Kier alpha value is -0.770. The molecule has 0 aliphatic heterocycles. The van der Waals surface area contributed by atoms with E-state index in [-0.39, 0.29) is 5.84 Å². The molecule has 3 N–H and O–H groups in total. The van der Waals surface area contributed by atoms with E-state index in [0.717, 1.165) is 25.2 Å². The minimum absolute atomic E-state index is 0.214. The zero-order valence-electron chi connectivity index (χ0n) is 9.84. The Bertz CT molecular complexity index is 393. The van der Waals surface area contributed by atoms with Crippen molar-refractivity contribution in [2.45, 2.75) is 19.9 Å². The summed E-state index contributed by atoms with van der Waals surface area (Å²) in [4.78, 5) is 2.19. The molecule has 1 aromatic carbocycles. The molecule has 5 heteroatoms. The summed E-state index contributed by atoms with van der Waals surface area (Å²) in [5, 5.41) is 8.54. The van der Waals surface area contributed by atoms with Crippen molar-refractivity contribution in [1.82, 2.24) is 4.90 Å². The second-order valence-electron chi connectivity index (χ2n) is 3.88. The second kappa shape index (κ2) is 6.84. The third-order valence-electron chi connectivity index (χ3n) is 2.55. The van der Waals surface area contributed by atoms with Crippen LogP contribution < -0.4 is 5.73 Å². The number of benzene rings is 1. The zero-order chi connectivity index (χ0) is 12.8. The number of rotatable bonds is 6. The van der Waals surface area contributed by atoms with E-state index in [1.807, 2.05) is 12.1 Å². The van der Waals surface area contributed by atoms with Crippen LogP contribution in [0.15, 0.2) is 18.2 Å². The van der Waals surface area contributed by atoms with Crippen LogP contribution in [0.5, 0.6) is 0 Å². The smallest absolute Gasteiger partial charge is 0.0918 e. The number of nitrogens with one attached hydrogen (secondary N) is 1. The topological polar surface area (TPSA) is 53.1 Å².